The summed E-state index contributed by atoms with van der Waals surface area (Å²) in [5.41, 5.74) is 6.87. The second-order valence-corrected chi connectivity index (χ2v) is 6.54. The normalized spacial score (nSPS) is 11.4. The van der Waals surface area contributed by atoms with E-state index in [-0.39, 0.29) is 11.4 Å². The number of hydrogen-bond acceptors (Lipinski definition) is 5. The Bertz CT molecular complexity index is 736. The fraction of sp³-hybridized carbons (Fsp3) is 0.286. The van der Waals surface area contributed by atoms with Crippen LogP contribution in [-0.4, -0.2) is 22.5 Å². The Morgan fingerprint density at radius 3 is 2.57 bits per heavy atom. The highest BCUT2D eigenvalue weighted by Crippen LogP contribution is 2.24. The summed E-state index contributed by atoms with van der Waals surface area (Å²) in [5.74, 6) is 0.765. The smallest absolute Gasteiger partial charge is 0.265 e. The molecular formula is C14H19N3O3S. The highest BCUT2D eigenvalue weighted by atomic mass is 32.2. The summed E-state index contributed by atoms with van der Waals surface area (Å²) in [5, 5.41) is 0. The fourth-order valence-electron chi connectivity index (χ4n) is 1.95. The molecule has 0 bridgehead atoms. The first-order valence-corrected chi connectivity index (χ1v) is 7.91. The molecule has 0 saturated carbocycles. The largest absolute Gasteiger partial charge is 0.464 e. The minimum atomic E-state index is -3.69. The van der Waals surface area contributed by atoms with Gasteiger partial charge in [0.05, 0.1) is 12.2 Å². The van der Waals surface area contributed by atoms with Crippen LogP contribution in [0.2, 0.25) is 0 Å². The zero-order chi connectivity index (χ0) is 15.6. The molecule has 1 aromatic heterocycles. The van der Waals surface area contributed by atoms with Crippen molar-refractivity contribution in [2.24, 2.45) is 5.73 Å². The number of sulfonamides is 1. The molecule has 0 aliphatic rings. The van der Waals surface area contributed by atoms with E-state index >= 15 is 0 Å². The van der Waals surface area contributed by atoms with Crippen LogP contribution in [0.1, 0.15) is 11.5 Å². The fourth-order valence-corrected chi connectivity index (χ4v) is 3.20. The van der Waals surface area contributed by atoms with Gasteiger partial charge in [0.2, 0.25) is 0 Å². The summed E-state index contributed by atoms with van der Waals surface area (Å²) in [6.07, 6.45) is 0. The van der Waals surface area contributed by atoms with Crippen molar-refractivity contribution < 1.29 is 12.8 Å². The van der Waals surface area contributed by atoms with E-state index in [4.69, 9.17) is 10.2 Å². The van der Waals surface area contributed by atoms with E-state index < -0.39 is 10.0 Å². The van der Waals surface area contributed by atoms with Crippen molar-refractivity contribution in [1.29, 1.82) is 0 Å². The van der Waals surface area contributed by atoms with Crippen molar-refractivity contribution in [2.45, 2.75) is 18.4 Å². The third kappa shape index (κ3) is 3.37. The van der Waals surface area contributed by atoms with E-state index in [1.807, 2.05) is 25.1 Å². The van der Waals surface area contributed by atoms with Crippen LogP contribution in [0.25, 0.3) is 0 Å². The van der Waals surface area contributed by atoms with Gasteiger partial charge in [-0.3, -0.25) is 4.72 Å². The average molecular weight is 309 g/mol. The Labute approximate surface area is 124 Å². The lowest BCUT2D eigenvalue weighted by Crippen LogP contribution is -2.14. The van der Waals surface area contributed by atoms with Crippen molar-refractivity contribution in [3.63, 3.8) is 0 Å². The van der Waals surface area contributed by atoms with Crippen molar-refractivity contribution in [2.75, 3.05) is 23.7 Å². The monoisotopic (exact) mass is 309 g/mol. The molecule has 0 aliphatic heterocycles. The van der Waals surface area contributed by atoms with Gasteiger partial charge >= 0.3 is 0 Å². The standard InChI is InChI=1S/C14H19N3O3S/c1-10-14(8-13(9-15)20-10)21(18,19)16-11-5-4-6-12(7-11)17(2)3/h4-8,16H,9,15H2,1-3H3. The number of furan rings is 1. The first kappa shape index (κ1) is 15.4. The lowest BCUT2D eigenvalue weighted by Gasteiger charge is -2.14. The summed E-state index contributed by atoms with van der Waals surface area (Å²) in [7, 11) is 0.0869. The van der Waals surface area contributed by atoms with E-state index in [1.165, 1.54) is 6.07 Å². The quantitative estimate of drug-likeness (QED) is 0.881. The van der Waals surface area contributed by atoms with E-state index in [9.17, 15) is 8.42 Å². The van der Waals surface area contributed by atoms with Crippen molar-refractivity contribution >= 4 is 21.4 Å². The molecule has 2 rings (SSSR count). The summed E-state index contributed by atoms with van der Waals surface area (Å²) < 4.78 is 32.7. The molecule has 0 amide bonds. The maximum Gasteiger partial charge on any atom is 0.265 e. The predicted octanol–water partition coefficient (Wildman–Crippen LogP) is 1.91. The highest BCUT2D eigenvalue weighted by Gasteiger charge is 2.21. The molecule has 2 aromatic rings. The van der Waals surface area contributed by atoms with Crippen LogP contribution in [-0.2, 0) is 16.6 Å². The maximum absolute atomic E-state index is 12.4. The van der Waals surface area contributed by atoms with Crippen LogP contribution in [0.4, 0.5) is 11.4 Å². The maximum atomic E-state index is 12.4. The first-order chi connectivity index (χ1) is 9.83. The van der Waals surface area contributed by atoms with Crippen LogP contribution in [0.3, 0.4) is 0 Å². The second kappa shape index (κ2) is 5.79. The molecule has 7 heteroatoms. The third-order valence-corrected chi connectivity index (χ3v) is 4.52. The van der Waals surface area contributed by atoms with Gasteiger partial charge < -0.3 is 15.1 Å². The molecule has 21 heavy (non-hydrogen) atoms. The summed E-state index contributed by atoms with van der Waals surface area (Å²) in [6, 6.07) is 8.60. The Morgan fingerprint density at radius 2 is 2.00 bits per heavy atom. The molecular weight excluding hydrogens is 290 g/mol. The zero-order valence-electron chi connectivity index (χ0n) is 12.3. The number of nitrogens with two attached hydrogens (primary N) is 1. The van der Waals surface area contributed by atoms with Gasteiger partial charge in [-0.25, -0.2) is 8.42 Å². The van der Waals surface area contributed by atoms with Gasteiger partial charge in [-0.2, -0.15) is 0 Å². The van der Waals surface area contributed by atoms with Crippen LogP contribution in [0, 0.1) is 6.92 Å². The number of benzene rings is 1. The number of nitrogens with one attached hydrogen (secondary N) is 1. The molecule has 1 heterocycles. The molecule has 1 aromatic carbocycles. The SMILES string of the molecule is Cc1oc(CN)cc1S(=O)(=O)Nc1cccc(N(C)C)c1. The molecule has 6 nitrogen and oxygen atoms in total. The van der Waals surface area contributed by atoms with E-state index in [0.29, 0.717) is 17.2 Å². The molecule has 0 fully saturated rings. The molecule has 0 saturated heterocycles. The van der Waals surface area contributed by atoms with Crippen LogP contribution >= 0.6 is 0 Å². The Kier molecular flexibility index (Phi) is 4.24. The average Bonchev–Trinajstić information content (AvgIpc) is 2.80. The van der Waals surface area contributed by atoms with E-state index in [0.717, 1.165) is 5.69 Å². The lowest BCUT2D eigenvalue weighted by molar-refractivity contribution is 0.479. The first-order valence-electron chi connectivity index (χ1n) is 6.43. The summed E-state index contributed by atoms with van der Waals surface area (Å²) in [6.45, 7) is 1.76. The molecule has 0 unspecified atom stereocenters. The molecule has 0 aliphatic carbocycles. The van der Waals surface area contributed by atoms with Gasteiger partial charge in [0.15, 0.2) is 0 Å². The molecule has 3 N–H and O–H groups in total. The zero-order valence-corrected chi connectivity index (χ0v) is 13.1. The number of nitrogens with zero attached hydrogens (tertiary/aromatic N) is 1. The van der Waals surface area contributed by atoms with Crippen LogP contribution in [0.15, 0.2) is 39.6 Å². The minimum absolute atomic E-state index is 0.109. The van der Waals surface area contributed by atoms with Gasteiger partial charge in [0.1, 0.15) is 16.4 Å². The summed E-state index contributed by atoms with van der Waals surface area (Å²) in [4.78, 5) is 2.01. The molecule has 0 radical (unpaired) electrons. The van der Waals surface area contributed by atoms with Gasteiger partial charge in [-0.05, 0) is 25.1 Å². The number of rotatable bonds is 5. The van der Waals surface area contributed by atoms with Crippen LogP contribution in [0.5, 0.6) is 0 Å². The van der Waals surface area contributed by atoms with E-state index in [2.05, 4.69) is 4.72 Å². The Balaban J connectivity index is 2.33. The van der Waals surface area contributed by atoms with Crippen molar-refractivity contribution in [1.82, 2.24) is 0 Å². The third-order valence-electron chi connectivity index (χ3n) is 3.03. The number of anilines is 2. The van der Waals surface area contributed by atoms with Gasteiger partial charge in [-0.1, -0.05) is 6.07 Å². The molecule has 0 spiro atoms. The Hall–Kier alpha value is -1.99. The van der Waals surface area contributed by atoms with Crippen molar-refractivity contribution in [3.8, 4) is 0 Å². The van der Waals surface area contributed by atoms with Gasteiger partial charge in [0, 0.05) is 25.8 Å². The Morgan fingerprint density at radius 1 is 1.29 bits per heavy atom. The van der Waals surface area contributed by atoms with E-state index in [1.54, 1.807) is 25.1 Å². The second-order valence-electron chi connectivity index (χ2n) is 4.89. The minimum Gasteiger partial charge on any atom is -0.464 e. The highest BCUT2D eigenvalue weighted by molar-refractivity contribution is 7.92. The number of hydrogen-bond donors (Lipinski definition) is 2. The van der Waals surface area contributed by atoms with Crippen LogP contribution < -0.4 is 15.4 Å². The molecule has 0 atom stereocenters. The lowest BCUT2D eigenvalue weighted by atomic mass is 10.3. The summed E-state index contributed by atoms with van der Waals surface area (Å²) >= 11 is 0. The predicted molar refractivity (Wildman–Crippen MR) is 82.9 cm³/mol. The topological polar surface area (TPSA) is 88.6 Å². The number of aryl methyl sites for hydroxylation is 1. The van der Waals surface area contributed by atoms with Gasteiger partial charge in [0.25, 0.3) is 10.0 Å². The van der Waals surface area contributed by atoms with Gasteiger partial charge in [-0.15, -0.1) is 0 Å². The van der Waals surface area contributed by atoms with Crippen molar-refractivity contribution in [3.05, 3.63) is 41.9 Å². The molecule has 114 valence electrons.